The first-order valence-corrected chi connectivity index (χ1v) is 11.1. The maximum Gasteiger partial charge on any atom is 0.252 e. The fourth-order valence-electron chi connectivity index (χ4n) is 3.48. The van der Waals surface area contributed by atoms with E-state index in [1.165, 1.54) is 17.3 Å². The average molecular weight is 439 g/mol. The summed E-state index contributed by atoms with van der Waals surface area (Å²) in [5.41, 5.74) is 2.32. The largest absolute Gasteiger partial charge is 0.485 e. The molecule has 1 amide bonds. The molecule has 2 aliphatic rings. The van der Waals surface area contributed by atoms with Gasteiger partial charge in [0.25, 0.3) is 5.91 Å². The summed E-state index contributed by atoms with van der Waals surface area (Å²) in [4.78, 5) is 12.7. The molecule has 1 aromatic heterocycles. The Kier molecular flexibility index (Phi) is 5.19. The highest BCUT2D eigenvalue weighted by Gasteiger charge is 2.29. The molecule has 0 spiro atoms. The first-order valence-electron chi connectivity index (χ1n) is 10.1. The standard InChI is InChI=1S/C22H22N4O4S/c1-14(2)16-5-3-15(4-6-16)10-25-21(27)12-31-22-24-23-20(26(22)25)11-28-17-7-8-18-19(9-17)30-13-29-18/h3-9,14H,10-13H2,1-2H3. The molecule has 8 nitrogen and oxygen atoms in total. The van der Waals surface area contributed by atoms with Gasteiger partial charge in [0, 0.05) is 6.07 Å². The maximum absolute atomic E-state index is 12.7. The summed E-state index contributed by atoms with van der Waals surface area (Å²) in [6.07, 6.45) is 0. The fourth-order valence-corrected chi connectivity index (χ4v) is 4.31. The van der Waals surface area contributed by atoms with E-state index >= 15 is 0 Å². The highest BCUT2D eigenvalue weighted by atomic mass is 32.2. The van der Waals surface area contributed by atoms with Crippen LogP contribution in [0.15, 0.2) is 47.6 Å². The number of ether oxygens (including phenoxy) is 3. The number of nitrogens with zero attached hydrogens (tertiary/aromatic N) is 4. The summed E-state index contributed by atoms with van der Waals surface area (Å²) < 4.78 is 18.4. The Bertz CT molecular complexity index is 1110. The number of thioether (sulfide) groups is 1. The molecule has 9 heteroatoms. The van der Waals surface area contributed by atoms with E-state index in [2.05, 4.69) is 48.3 Å². The van der Waals surface area contributed by atoms with Crippen LogP contribution in [0.5, 0.6) is 17.2 Å². The molecule has 0 aliphatic carbocycles. The van der Waals surface area contributed by atoms with Gasteiger partial charge in [0.15, 0.2) is 17.3 Å². The molecule has 31 heavy (non-hydrogen) atoms. The van der Waals surface area contributed by atoms with Crippen molar-refractivity contribution < 1.29 is 19.0 Å². The van der Waals surface area contributed by atoms with E-state index in [-0.39, 0.29) is 19.3 Å². The average Bonchev–Trinajstić information content (AvgIpc) is 3.41. The fraction of sp³-hybridized carbons (Fsp3) is 0.318. The number of carbonyl (C=O) groups excluding carboxylic acids is 1. The number of hydrogen-bond acceptors (Lipinski definition) is 7. The number of rotatable bonds is 6. The van der Waals surface area contributed by atoms with Gasteiger partial charge < -0.3 is 14.2 Å². The molecule has 2 aromatic carbocycles. The zero-order valence-electron chi connectivity index (χ0n) is 17.3. The Morgan fingerprint density at radius 1 is 1.10 bits per heavy atom. The van der Waals surface area contributed by atoms with Gasteiger partial charge >= 0.3 is 0 Å². The molecule has 0 saturated heterocycles. The summed E-state index contributed by atoms with van der Waals surface area (Å²) in [6.45, 7) is 5.15. The summed E-state index contributed by atoms with van der Waals surface area (Å²) >= 11 is 1.38. The van der Waals surface area contributed by atoms with Gasteiger partial charge in [0.2, 0.25) is 11.9 Å². The van der Waals surface area contributed by atoms with Crippen molar-refractivity contribution >= 4 is 17.7 Å². The number of amides is 1. The predicted octanol–water partition coefficient (Wildman–Crippen LogP) is 3.48. The third-order valence-corrected chi connectivity index (χ3v) is 6.13. The van der Waals surface area contributed by atoms with Crippen LogP contribution < -0.4 is 19.2 Å². The Hall–Kier alpha value is -3.20. The summed E-state index contributed by atoms with van der Waals surface area (Å²) in [5.74, 6) is 3.35. The molecule has 0 N–H and O–H groups in total. The molecule has 5 rings (SSSR count). The molecule has 0 atom stereocenters. The highest BCUT2D eigenvalue weighted by Crippen LogP contribution is 2.35. The zero-order chi connectivity index (χ0) is 21.4. The molecular formula is C22H22N4O4S. The molecule has 160 valence electrons. The molecule has 3 aromatic rings. The normalized spacial score (nSPS) is 14.8. The van der Waals surface area contributed by atoms with Crippen LogP contribution in [0.1, 0.15) is 36.7 Å². The number of hydrogen-bond donors (Lipinski definition) is 0. The van der Waals surface area contributed by atoms with Gasteiger partial charge in [0.1, 0.15) is 12.4 Å². The van der Waals surface area contributed by atoms with Crippen LogP contribution in [0.2, 0.25) is 0 Å². The second-order valence-corrected chi connectivity index (χ2v) is 8.59. The van der Waals surface area contributed by atoms with Crippen molar-refractivity contribution in [3.8, 4) is 17.2 Å². The van der Waals surface area contributed by atoms with E-state index in [4.69, 9.17) is 14.2 Å². The molecule has 0 bridgehead atoms. The van der Waals surface area contributed by atoms with E-state index in [0.717, 1.165) is 5.56 Å². The number of fused-ring (bicyclic) bond motifs is 2. The van der Waals surface area contributed by atoms with Crippen molar-refractivity contribution in [2.24, 2.45) is 0 Å². The zero-order valence-corrected chi connectivity index (χ0v) is 18.1. The third kappa shape index (κ3) is 3.93. The minimum absolute atomic E-state index is 0.00886. The summed E-state index contributed by atoms with van der Waals surface area (Å²) in [5, 5.41) is 10.9. The third-order valence-electron chi connectivity index (χ3n) is 5.22. The van der Waals surface area contributed by atoms with Gasteiger partial charge in [-0.05, 0) is 29.2 Å². The van der Waals surface area contributed by atoms with Crippen molar-refractivity contribution in [3.63, 3.8) is 0 Å². The first-order chi connectivity index (χ1) is 15.1. The smallest absolute Gasteiger partial charge is 0.252 e. The molecule has 0 unspecified atom stereocenters. The lowest BCUT2D eigenvalue weighted by molar-refractivity contribution is -0.118. The Labute approximate surface area is 184 Å². The number of aromatic nitrogens is 3. The highest BCUT2D eigenvalue weighted by molar-refractivity contribution is 7.99. The van der Waals surface area contributed by atoms with Gasteiger partial charge in [-0.15, -0.1) is 10.2 Å². The lowest BCUT2D eigenvalue weighted by Gasteiger charge is -2.29. The van der Waals surface area contributed by atoms with Crippen molar-refractivity contribution in [2.45, 2.75) is 38.1 Å². The van der Waals surface area contributed by atoms with Gasteiger partial charge in [-0.3, -0.25) is 4.79 Å². The monoisotopic (exact) mass is 438 g/mol. The summed E-state index contributed by atoms with van der Waals surface area (Å²) in [6, 6.07) is 13.8. The van der Waals surface area contributed by atoms with E-state index in [9.17, 15) is 4.79 Å². The van der Waals surface area contributed by atoms with Crippen LogP contribution in [-0.4, -0.2) is 33.3 Å². The minimum atomic E-state index is 0.00886. The molecule has 0 radical (unpaired) electrons. The number of benzene rings is 2. The SMILES string of the molecule is CC(C)c1ccc(CN2C(=O)CSc3nnc(COc4ccc5c(c4)OCO5)n32)cc1. The van der Waals surface area contributed by atoms with Crippen LogP contribution in [0.3, 0.4) is 0 Å². The van der Waals surface area contributed by atoms with Crippen LogP contribution in [0.4, 0.5) is 0 Å². The van der Waals surface area contributed by atoms with Crippen LogP contribution >= 0.6 is 11.8 Å². The maximum atomic E-state index is 12.7. The minimum Gasteiger partial charge on any atom is -0.485 e. The Morgan fingerprint density at radius 2 is 1.90 bits per heavy atom. The topological polar surface area (TPSA) is 78.7 Å². The van der Waals surface area contributed by atoms with Gasteiger partial charge in [-0.25, -0.2) is 9.69 Å². The van der Waals surface area contributed by atoms with E-state index in [1.54, 1.807) is 15.8 Å². The van der Waals surface area contributed by atoms with Crippen molar-refractivity contribution in [3.05, 3.63) is 59.4 Å². The van der Waals surface area contributed by atoms with Gasteiger partial charge in [-0.2, -0.15) is 0 Å². The molecule has 0 fully saturated rings. The lowest BCUT2D eigenvalue weighted by atomic mass is 10.0. The van der Waals surface area contributed by atoms with E-state index in [1.807, 2.05) is 12.1 Å². The van der Waals surface area contributed by atoms with E-state index in [0.29, 0.717) is 46.4 Å². The molecular weight excluding hydrogens is 416 g/mol. The second-order valence-electron chi connectivity index (χ2n) is 7.65. The van der Waals surface area contributed by atoms with Gasteiger partial charge in [-0.1, -0.05) is 49.9 Å². The van der Waals surface area contributed by atoms with Crippen LogP contribution in [-0.2, 0) is 17.9 Å². The Balaban J connectivity index is 1.35. The number of carbonyl (C=O) groups is 1. The lowest BCUT2D eigenvalue weighted by Crippen LogP contribution is -2.45. The van der Waals surface area contributed by atoms with Crippen molar-refractivity contribution in [2.75, 3.05) is 17.6 Å². The van der Waals surface area contributed by atoms with Gasteiger partial charge in [0.05, 0.1) is 12.3 Å². The van der Waals surface area contributed by atoms with Crippen molar-refractivity contribution in [1.29, 1.82) is 0 Å². The van der Waals surface area contributed by atoms with Crippen molar-refractivity contribution in [1.82, 2.24) is 14.9 Å². The quantitative estimate of drug-likeness (QED) is 0.583. The molecule has 2 aliphatic heterocycles. The molecule has 0 saturated carbocycles. The van der Waals surface area contributed by atoms with E-state index < -0.39 is 0 Å². The predicted molar refractivity (Wildman–Crippen MR) is 115 cm³/mol. The Morgan fingerprint density at radius 3 is 2.71 bits per heavy atom. The van der Waals surface area contributed by atoms with Crippen LogP contribution in [0.25, 0.3) is 0 Å². The van der Waals surface area contributed by atoms with Crippen LogP contribution in [0, 0.1) is 0 Å². The molecule has 3 heterocycles. The first kappa shape index (κ1) is 19.7. The second kappa shape index (κ2) is 8.14. The summed E-state index contributed by atoms with van der Waals surface area (Å²) in [7, 11) is 0.